The van der Waals surface area contributed by atoms with Crippen molar-refractivity contribution in [2.75, 3.05) is 0 Å². The van der Waals surface area contributed by atoms with Crippen LogP contribution in [0.3, 0.4) is 0 Å². The zero-order valence-corrected chi connectivity index (χ0v) is 20.7. The van der Waals surface area contributed by atoms with Gasteiger partial charge in [0.1, 0.15) is 0 Å². The largest absolute Gasteiger partial charge is 0.208 e. The summed E-state index contributed by atoms with van der Waals surface area (Å²) < 4.78 is 2.57. The third-order valence-electron chi connectivity index (χ3n) is 6.56. The second-order valence-corrected chi connectivity index (χ2v) is 9.92. The van der Waals surface area contributed by atoms with Crippen LogP contribution in [-0.2, 0) is 0 Å². The van der Waals surface area contributed by atoms with Crippen LogP contribution in [0.1, 0.15) is 0 Å². The van der Waals surface area contributed by atoms with Crippen LogP contribution in [0.2, 0.25) is 0 Å². The molecule has 5 aromatic carbocycles. The monoisotopic (exact) mass is 491 g/mol. The van der Waals surface area contributed by atoms with Crippen molar-refractivity contribution >= 4 is 31.5 Å². The first-order valence-electron chi connectivity index (χ1n) is 12.2. The fraction of sp³-hybridized carbons (Fsp3) is 0. The Morgan fingerprint density at radius 1 is 0.378 bits per heavy atom. The molecule has 7 rings (SSSR count). The Bertz CT molecular complexity index is 1820. The number of hydrogen-bond acceptors (Lipinski definition) is 4. The van der Waals surface area contributed by atoms with E-state index in [1.165, 1.54) is 25.7 Å². The molecule has 4 heteroatoms. The molecule has 37 heavy (non-hydrogen) atoms. The summed E-state index contributed by atoms with van der Waals surface area (Å²) in [6.07, 6.45) is 0. The zero-order valence-electron chi connectivity index (χ0n) is 19.9. The SMILES string of the molecule is c1ccc(-c2nc(-c3ccccc3)nc(-c3ccccc3-c3cccc4c3sc3ccccc34)n2)cc1. The molecule has 0 amide bonds. The van der Waals surface area contributed by atoms with E-state index in [-0.39, 0.29) is 0 Å². The van der Waals surface area contributed by atoms with E-state index in [4.69, 9.17) is 15.0 Å². The number of benzene rings is 5. The van der Waals surface area contributed by atoms with Crippen molar-refractivity contribution in [3.05, 3.63) is 127 Å². The van der Waals surface area contributed by atoms with Crippen LogP contribution in [0.5, 0.6) is 0 Å². The molecular weight excluding hydrogens is 470 g/mol. The Morgan fingerprint density at radius 2 is 0.892 bits per heavy atom. The van der Waals surface area contributed by atoms with Gasteiger partial charge in [0.2, 0.25) is 0 Å². The van der Waals surface area contributed by atoms with E-state index in [0.29, 0.717) is 17.5 Å². The minimum Gasteiger partial charge on any atom is -0.208 e. The van der Waals surface area contributed by atoms with Crippen molar-refractivity contribution in [2.45, 2.75) is 0 Å². The first-order valence-corrected chi connectivity index (χ1v) is 13.0. The molecule has 2 aromatic heterocycles. The summed E-state index contributed by atoms with van der Waals surface area (Å²) in [4.78, 5) is 14.8. The summed E-state index contributed by atoms with van der Waals surface area (Å²) in [5.41, 5.74) is 5.23. The Balaban J connectivity index is 1.48. The van der Waals surface area contributed by atoms with Crippen molar-refractivity contribution < 1.29 is 0 Å². The van der Waals surface area contributed by atoms with Gasteiger partial charge in [-0.05, 0) is 11.6 Å². The molecule has 0 fully saturated rings. The summed E-state index contributed by atoms with van der Waals surface area (Å²) in [7, 11) is 0. The lowest BCUT2D eigenvalue weighted by Gasteiger charge is -2.12. The lowest BCUT2D eigenvalue weighted by atomic mass is 9.97. The third kappa shape index (κ3) is 3.88. The molecule has 3 nitrogen and oxygen atoms in total. The summed E-state index contributed by atoms with van der Waals surface area (Å²) in [5.74, 6) is 2.00. The molecule has 0 radical (unpaired) electrons. The number of thiophene rings is 1. The maximum atomic E-state index is 4.99. The molecule has 7 aromatic rings. The molecule has 0 aliphatic rings. The molecule has 2 heterocycles. The van der Waals surface area contributed by atoms with Crippen molar-refractivity contribution in [2.24, 2.45) is 0 Å². The van der Waals surface area contributed by atoms with Gasteiger partial charge in [-0.3, -0.25) is 0 Å². The molecule has 0 saturated carbocycles. The lowest BCUT2D eigenvalue weighted by Crippen LogP contribution is -2.01. The number of aromatic nitrogens is 3. The van der Waals surface area contributed by atoms with Gasteiger partial charge < -0.3 is 0 Å². The van der Waals surface area contributed by atoms with Gasteiger partial charge in [-0.2, -0.15) is 0 Å². The van der Waals surface area contributed by atoms with Gasteiger partial charge in [-0.25, -0.2) is 15.0 Å². The molecule has 0 unspecified atom stereocenters. The Labute approximate surface area is 218 Å². The van der Waals surface area contributed by atoms with Crippen molar-refractivity contribution in [1.29, 1.82) is 0 Å². The summed E-state index contributed by atoms with van der Waals surface area (Å²) in [6, 6.07) is 43.8. The van der Waals surface area contributed by atoms with Gasteiger partial charge in [0, 0.05) is 42.4 Å². The summed E-state index contributed by atoms with van der Waals surface area (Å²) >= 11 is 1.83. The minimum absolute atomic E-state index is 0.666. The second-order valence-electron chi connectivity index (χ2n) is 8.86. The molecule has 0 aliphatic heterocycles. The highest BCUT2D eigenvalue weighted by Crippen LogP contribution is 2.42. The Morgan fingerprint density at radius 3 is 1.59 bits per heavy atom. The molecule has 0 N–H and O–H groups in total. The van der Waals surface area contributed by atoms with Crippen LogP contribution in [0, 0.1) is 0 Å². The molecule has 0 spiro atoms. The van der Waals surface area contributed by atoms with E-state index >= 15 is 0 Å². The molecule has 174 valence electrons. The first kappa shape index (κ1) is 21.6. The second kappa shape index (κ2) is 9.08. The average molecular weight is 492 g/mol. The number of rotatable bonds is 4. The fourth-order valence-corrected chi connectivity index (χ4v) is 6.03. The van der Waals surface area contributed by atoms with Gasteiger partial charge in [-0.1, -0.05) is 121 Å². The van der Waals surface area contributed by atoms with Gasteiger partial charge >= 0.3 is 0 Å². The predicted octanol–water partition coefficient (Wildman–Crippen LogP) is 8.91. The smallest absolute Gasteiger partial charge is 0.164 e. The Hall–Kier alpha value is -4.67. The van der Waals surface area contributed by atoms with Crippen molar-refractivity contribution in [3.8, 4) is 45.3 Å². The van der Waals surface area contributed by atoms with Crippen LogP contribution in [0.15, 0.2) is 127 Å². The quantitative estimate of drug-likeness (QED) is 0.247. The third-order valence-corrected chi connectivity index (χ3v) is 7.78. The van der Waals surface area contributed by atoms with Gasteiger partial charge in [0.05, 0.1) is 0 Å². The van der Waals surface area contributed by atoms with Gasteiger partial charge in [0.15, 0.2) is 17.5 Å². The van der Waals surface area contributed by atoms with E-state index in [9.17, 15) is 0 Å². The van der Waals surface area contributed by atoms with E-state index in [0.717, 1.165) is 22.3 Å². The topological polar surface area (TPSA) is 38.7 Å². The molecule has 0 bridgehead atoms. The maximum absolute atomic E-state index is 4.99. The fourth-order valence-electron chi connectivity index (χ4n) is 4.80. The van der Waals surface area contributed by atoms with Crippen LogP contribution >= 0.6 is 11.3 Å². The van der Waals surface area contributed by atoms with Crippen LogP contribution in [-0.4, -0.2) is 15.0 Å². The van der Waals surface area contributed by atoms with Crippen molar-refractivity contribution in [3.63, 3.8) is 0 Å². The number of fused-ring (bicyclic) bond motifs is 3. The van der Waals surface area contributed by atoms with E-state index in [2.05, 4.69) is 66.7 Å². The standard InChI is InChI=1S/C33H21N3S/c1-3-12-22(13-4-1)31-34-32(23-14-5-2-6-15-23)36-33(35-31)28-18-8-7-16-24(28)26-19-11-20-27-25-17-9-10-21-29(25)37-30(26)27/h1-21H. The molecule has 0 aliphatic carbocycles. The van der Waals surface area contributed by atoms with Crippen LogP contribution < -0.4 is 0 Å². The first-order chi connectivity index (χ1) is 18.3. The van der Waals surface area contributed by atoms with E-state index in [1.807, 2.05) is 72.0 Å². The van der Waals surface area contributed by atoms with Crippen molar-refractivity contribution in [1.82, 2.24) is 15.0 Å². The maximum Gasteiger partial charge on any atom is 0.164 e. The summed E-state index contributed by atoms with van der Waals surface area (Å²) in [5, 5.41) is 2.57. The molecule has 0 atom stereocenters. The van der Waals surface area contributed by atoms with Crippen LogP contribution in [0.4, 0.5) is 0 Å². The number of hydrogen-bond donors (Lipinski definition) is 0. The zero-order chi connectivity index (χ0) is 24.6. The highest BCUT2D eigenvalue weighted by Gasteiger charge is 2.17. The number of nitrogens with zero attached hydrogens (tertiary/aromatic N) is 3. The normalized spacial score (nSPS) is 11.2. The van der Waals surface area contributed by atoms with Crippen LogP contribution in [0.25, 0.3) is 65.5 Å². The van der Waals surface area contributed by atoms with E-state index < -0.39 is 0 Å². The Kier molecular flexibility index (Phi) is 5.30. The molecule has 0 saturated heterocycles. The lowest BCUT2D eigenvalue weighted by molar-refractivity contribution is 1.07. The highest BCUT2D eigenvalue weighted by atomic mass is 32.1. The predicted molar refractivity (Wildman–Crippen MR) is 154 cm³/mol. The molecular formula is C33H21N3S. The van der Waals surface area contributed by atoms with Gasteiger partial charge in [0.25, 0.3) is 0 Å². The summed E-state index contributed by atoms with van der Waals surface area (Å²) in [6.45, 7) is 0. The average Bonchev–Trinajstić information content (AvgIpc) is 3.37. The van der Waals surface area contributed by atoms with Gasteiger partial charge in [-0.15, -0.1) is 11.3 Å². The van der Waals surface area contributed by atoms with E-state index in [1.54, 1.807) is 0 Å². The minimum atomic E-state index is 0.666. The highest BCUT2D eigenvalue weighted by molar-refractivity contribution is 7.26.